The largest absolute Gasteiger partial charge is 0.494 e. The normalized spacial score (nSPS) is 11.1. The molecule has 0 fully saturated rings. The summed E-state index contributed by atoms with van der Waals surface area (Å²) in [7, 11) is 0. The highest BCUT2D eigenvalue weighted by Gasteiger charge is 2.08. The van der Waals surface area contributed by atoms with Crippen LogP contribution in [-0.2, 0) is 6.42 Å². The number of ether oxygens (including phenoxy) is 1. The summed E-state index contributed by atoms with van der Waals surface area (Å²) < 4.78 is 11.3. The molecule has 0 N–H and O–H groups in total. The molecule has 0 atom stereocenters. The molecule has 3 rings (SSSR count). The number of hydrogen-bond acceptors (Lipinski definition) is 3. The third-order valence-corrected chi connectivity index (χ3v) is 5.31. The second-order valence-electron chi connectivity index (χ2n) is 7.71. The van der Waals surface area contributed by atoms with Crippen LogP contribution >= 0.6 is 0 Å². The Labute approximate surface area is 173 Å². The van der Waals surface area contributed by atoms with Gasteiger partial charge < -0.3 is 9.15 Å². The summed E-state index contributed by atoms with van der Waals surface area (Å²) in [4.78, 5) is 12.5. The molecule has 0 aliphatic rings. The van der Waals surface area contributed by atoms with Gasteiger partial charge in [0.05, 0.1) is 12.0 Å². The fourth-order valence-electron chi connectivity index (χ4n) is 3.50. The van der Waals surface area contributed by atoms with Crippen LogP contribution in [0.5, 0.6) is 5.75 Å². The summed E-state index contributed by atoms with van der Waals surface area (Å²) in [6.45, 7) is 5.03. The maximum Gasteiger partial charge on any atom is 0.344 e. The quantitative estimate of drug-likeness (QED) is 0.325. The van der Waals surface area contributed by atoms with Crippen LogP contribution in [0.4, 0.5) is 0 Å². The van der Waals surface area contributed by atoms with Crippen molar-refractivity contribution in [3.8, 4) is 17.1 Å². The van der Waals surface area contributed by atoms with Gasteiger partial charge in [-0.15, -0.1) is 0 Å². The Morgan fingerprint density at radius 1 is 0.828 bits per heavy atom. The van der Waals surface area contributed by atoms with Gasteiger partial charge in [-0.05, 0) is 48.4 Å². The van der Waals surface area contributed by atoms with E-state index in [-0.39, 0.29) is 5.63 Å². The van der Waals surface area contributed by atoms with Crippen LogP contribution < -0.4 is 10.4 Å². The fraction of sp³-hybridized carbons (Fsp3) is 0.423. The van der Waals surface area contributed by atoms with Crippen molar-refractivity contribution in [1.29, 1.82) is 0 Å². The van der Waals surface area contributed by atoms with E-state index in [2.05, 4.69) is 26.0 Å². The van der Waals surface area contributed by atoms with Crippen LogP contribution in [0, 0.1) is 0 Å². The highest BCUT2D eigenvalue weighted by Crippen LogP contribution is 2.25. The van der Waals surface area contributed by atoms with E-state index in [1.165, 1.54) is 37.7 Å². The minimum atomic E-state index is -0.321. The van der Waals surface area contributed by atoms with Gasteiger partial charge in [-0.1, -0.05) is 76.3 Å². The summed E-state index contributed by atoms with van der Waals surface area (Å²) in [5, 5.41) is 1.44. The van der Waals surface area contributed by atoms with Gasteiger partial charge in [0, 0.05) is 5.56 Å². The Morgan fingerprint density at radius 2 is 1.59 bits per heavy atom. The van der Waals surface area contributed by atoms with Crippen LogP contribution in [0.15, 0.2) is 57.7 Å². The van der Waals surface area contributed by atoms with E-state index >= 15 is 0 Å². The molecule has 0 saturated carbocycles. The number of unbranched alkanes of at least 4 members (excludes halogenated alkanes) is 5. The van der Waals surface area contributed by atoms with E-state index in [1.807, 2.05) is 30.3 Å². The number of benzene rings is 2. The highest BCUT2D eigenvalue weighted by atomic mass is 16.5. The Bertz CT molecular complexity index is 954. The topological polar surface area (TPSA) is 39.4 Å². The second kappa shape index (κ2) is 10.8. The highest BCUT2D eigenvalue weighted by molar-refractivity contribution is 5.85. The van der Waals surface area contributed by atoms with Gasteiger partial charge in [-0.3, -0.25) is 0 Å². The van der Waals surface area contributed by atoms with E-state index in [0.29, 0.717) is 23.5 Å². The van der Waals surface area contributed by atoms with Crippen molar-refractivity contribution in [2.45, 2.75) is 65.2 Å². The predicted molar refractivity (Wildman–Crippen MR) is 121 cm³/mol. The Balaban J connectivity index is 1.71. The molecule has 0 bridgehead atoms. The number of aryl methyl sites for hydroxylation is 1. The van der Waals surface area contributed by atoms with E-state index < -0.39 is 0 Å². The van der Waals surface area contributed by atoms with Crippen LogP contribution in [0.2, 0.25) is 0 Å². The molecule has 0 unspecified atom stereocenters. The lowest BCUT2D eigenvalue weighted by molar-refractivity contribution is 0.309. The van der Waals surface area contributed by atoms with Crippen LogP contribution in [0.1, 0.15) is 64.4 Å². The molecule has 3 aromatic rings. The van der Waals surface area contributed by atoms with E-state index in [1.54, 1.807) is 6.07 Å². The fourth-order valence-corrected chi connectivity index (χ4v) is 3.50. The molecule has 1 aromatic heterocycles. The lowest BCUT2D eigenvalue weighted by atomic mass is 10.0. The van der Waals surface area contributed by atoms with Crippen LogP contribution in [0.3, 0.4) is 0 Å². The average Bonchev–Trinajstić information content (AvgIpc) is 2.74. The van der Waals surface area contributed by atoms with Crippen molar-refractivity contribution in [2.75, 3.05) is 6.61 Å². The number of rotatable bonds is 11. The molecule has 1 heterocycles. The minimum Gasteiger partial charge on any atom is -0.494 e. The van der Waals surface area contributed by atoms with Gasteiger partial charge in [0.25, 0.3) is 0 Å². The molecule has 0 radical (unpaired) electrons. The first-order chi connectivity index (χ1) is 14.2. The monoisotopic (exact) mass is 392 g/mol. The van der Waals surface area contributed by atoms with E-state index in [4.69, 9.17) is 9.15 Å². The van der Waals surface area contributed by atoms with Gasteiger partial charge in [0.15, 0.2) is 0 Å². The average molecular weight is 393 g/mol. The molecule has 154 valence electrons. The van der Waals surface area contributed by atoms with Crippen molar-refractivity contribution < 1.29 is 9.15 Å². The molecule has 0 saturated heterocycles. The van der Waals surface area contributed by atoms with Crippen molar-refractivity contribution in [1.82, 2.24) is 0 Å². The van der Waals surface area contributed by atoms with E-state index in [0.717, 1.165) is 30.2 Å². The van der Waals surface area contributed by atoms with Gasteiger partial charge in [0.1, 0.15) is 11.5 Å². The Hall–Kier alpha value is -2.55. The summed E-state index contributed by atoms with van der Waals surface area (Å²) in [6.07, 6.45) is 9.63. The maximum atomic E-state index is 12.5. The molecule has 0 aliphatic heterocycles. The third-order valence-electron chi connectivity index (χ3n) is 5.31. The molecular formula is C26H32O3. The van der Waals surface area contributed by atoms with Crippen molar-refractivity contribution in [3.05, 3.63) is 64.5 Å². The molecule has 0 aliphatic carbocycles. The standard InChI is InChI=1S/C26H32O3/c1-3-5-7-8-9-10-20-11-13-21(14-12-20)25-18-22-15-16-23(28-17-6-4-2)19-24(22)26(27)29-25/h11-16,18-19H,3-10,17H2,1-2H3. The maximum absolute atomic E-state index is 12.5. The first kappa shape index (κ1) is 21.2. The van der Waals surface area contributed by atoms with Gasteiger partial charge in [0.2, 0.25) is 0 Å². The van der Waals surface area contributed by atoms with E-state index in [9.17, 15) is 4.79 Å². The van der Waals surface area contributed by atoms with Crippen molar-refractivity contribution in [2.24, 2.45) is 0 Å². The zero-order valence-corrected chi connectivity index (χ0v) is 17.7. The summed E-state index contributed by atoms with van der Waals surface area (Å²) >= 11 is 0. The molecule has 0 spiro atoms. The van der Waals surface area contributed by atoms with Gasteiger partial charge in [-0.2, -0.15) is 0 Å². The third kappa shape index (κ3) is 5.96. The Morgan fingerprint density at radius 3 is 2.34 bits per heavy atom. The zero-order chi connectivity index (χ0) is 20.5. The Kier molecular flexibility index (Phi) is 7.92. The summed E-state index contributed by atoms with van der Waals surface area (Å²) in [5.74, 6) is 1.32. The smallest absolute Gasteiger partial charge is 0.344 e. The lowest BCUT2D eigenvalue weighted by Crippen LogP contribution is -2.02. The van der Waals surface area contributed by atoms with Crippen molar-refractivity contribution in [3.63, 3.8) is 0 Å². The molecule has 3 heteroatoms. The first-order valence-electron chi connectivity index (χ1n) is 11.0. The van der Waals surface area contributed by atoms with Crippen molar-refractivity contribution >= 4 is 10.8 Å². The first-order valence-corrected chi connectivity index (χ1v) is 11.0. The number of hydrogen-bond donors (Lipinski definition) is 0. The molecule has 29 heavy (non-hydrogen) atoms. The SMILES string of the molecule is CCCCCCCc1ccc(-c2cc3ccc(OCCCC)cc3c(=O)o2)cc1. The molecule has 2 aromatic carbocycles. The molecule has 0 amide bonds. The summed E-state index contributed by atoms with van der Waals surface area (Å²) in [5.41, 5.74) is 1.95. The van der Waals surface area contributed by atoms with Gasteiger partial charge >= 0.3 is 5.63 Å². The minimum absolute atomic E-state index is 0.321. The predicted octanol–water partition coefficient (Wildman–Crippen LogP) is 7.15. The second-order valence-corrected chi connectivity index (χ2v) is 7.71. The molecular weight excluding hydrogens is 360 g/mol. The van der Waals surface area contributed by atoms with Crippen LogP contribution in [0.25, 0.3) is 22.1 Å². The summed E-state index contributed by atoms with van der Waals surface area (Å²) in [6, 6.07) is 16.0. The van der Waals surface area contributed by atoms with Crippen LogP contribution in [-0.4, -0.2) is 6.61 Å². The van der Waals surface area contributed by atoms with Gasteiger partial charge in [-0.25, -0.2) is 4.79 Å². The number of fused-ring (bicyclic) bond motifs is 1. The molecule has 3 nitrogen and oxygen atoms in total. The zero-order valence-electron chi connectivity index (χ0n) is 17.7. The lowest BCUT2D eigenvalue weighted by Gasteiger charge is -2.08.